The molecule has 120 valence electrons. The average molecular weight is 330 g/mol. The lowest BCUT2D eigenvalue weighted by molar-refractivity contribution is 0.206. The maximum Gasteiger partial charge on any atom is 0.325 e. The second-order valence-corrected chi connectivity index (χ2v) is 7.05. The highest BCUT2D eigenvalue weighted by atomic mass is 35.5. The molecular weight excluding hydrogens is 310 g/mol. The number of aromatic nitrogens is 1. The molecule has 1 aromatic heterocycles. The van der Waals surface area contributed by atoms with Crippen LogP contribution in [0.4, 0.5) is 4.79 Å². The van der Waals surface area contributed by atoms with Crippen molar-refractivity contribution in [1.82, 2.24) is 14.8 Å². The minimum atomic E-state index is -0.0502. The van der Waals surface area contributed by atoms with Crippen molar-refractivity contribution < 1.29 is 4.79 Å². The number of nitrogens with one attached hydrogen (secondary N) is 1. The molecule has 2 aliphatic heterocycles. The number of hydrogen-bond donors (Lipinski definition) is 1. The van der Waals surface area contributed by atoms with Crippen LogP contribution in [0, 0.1) is 5.92 Å². The van der Waals surface area contributed by atoms with Gasteiger partial charge in [-0.1, -0.05) is 23.7 Å². The monoisotopic (exact) mass is 329 g/mol. The second kappa shape index (κ2) is 6.02. The molecule has 3 atom stereocenters. The summed E-state index contributed by atoms with van der Waals surface area (Å²) in [4.78, 5) is 14.9. The fourth-order valence-corrected chi connectivity index (χ4v) is 3.97. The molecule has 0 spiro atoms. The molecular formula is C18H20ClN3O. The summed E-state index contributed by atoms with van der Waals surface area (Å²) in [6.45, 7) is 3.36. The van der Waals surface area contributed by atoms with Crippen LogP contribution >= 0.6 is 11.6 Å². The van der Waals surface area contributed by atoms with Gasteiger partial charge in [0, 0.05) is 36.5 Å². The molecule has 2 aromatic rings. The molecule has 5 heteroatoms. The van der Waals surface area contributed by atoms with Gasteiger partial charge in [-0.05, 0) is 54.6 Å². The average Bonchev–Trinajstić information content (AvgIpc) is 3.14. The number of fused-ring (bicyclic) bond motifs is 2. The third-order valence-corrected chi connectivity index (χ3v) is 5.11. The highest BCUT2D eigenvalue weighted by molar-refractivity contribution is 6.30. The summed E-state index contributed by atoms with van der Waals surface area (Å²) >= 11 is 6.04. The Kier molecular flexibility index (Phi) is 3.87. The Morgan fingerprint density at radius 3 is 2.96 bits per heavy atom. The van der Waals surface area contributed by atoms with Gasteiger partial charge in [-0.15, -0.1) is 0 Å². The van der Waals surface area contributed by atoms with E-state index in [1.54, 1.807) is 4.57 Å². The van der Waals surface area contributed by atoms with E-state index < -0.39 is 0 Å². The summed E-state index contributed by atoms with van der Waals surface area (Å²) < 4.78 is 1.63. The van der Waals surface area contributed by atoms with E-state index in [1.807, 2.05) is 42.7 Å². The quantitative estimate of drug-likeness (QED) is 0.916. The van der Waals surface area contributed by atoms with Gasteiger partial charge in [0.15, 0.2) is 0 Å². The smallest absolute Gasteiger partial charge is 0.325 e. The molecule has 0 radical (unpaired) electrons. The van der Waals surface area contributed by atoms with Gasteiger partial charge in [0.2, 0.25) is 0 Å². The molecule has 3 heterocycles. The van der Waals surface area contributed by atoms with Crippen molar-refractivity contribution in [2.45, 2.75) is 18.9 Å². The van der Waals surface area contributed by atoms with Crippen LogP contribution in [0.2, 0.25) is 5.02 Å². The number of benzene rings is 1. The van der Waals surface area contributed by atoms with Crippen LogP contribution in [0.5, 0.6) is 0 Å². The number of carbonyl (C=O) groups is 1. The molecule has 1 amide bonds. The molecule has 23 heavy (non-hydrogen) atoms. The van der Waals surface area contributed by atoms with Crippen molar-refractivity contribution in [2.24, 2.45) is 5.92 Å². The Hall–Kier alpha value is -1.78. The normalized spacial score (nSPS) is 26.2. The summed E-state index contributed by atoms with van der Waals surface area (Å²) in [7, 11) is 0. The predicted octanol–water partition coefficient (Wildman–Crippen LogP) is 3.46. The highest BCUT2D eigenvalue weighted by Gasteiger charge is 2.32. The Morgan fingerprint density at radius 1 is 1.22 bits per heavy atom. The Labute approximate surface area is 141 Å². The van der Waals surface area contributed by atoms with Crippen LogP contribution in [0.15, 0.2) is 42.7 Å². The van der Waals surface area contributed by atoms with Crippen LogP contribution in [0.3, 0.4) is 0 Å². The molecule has 2 aliphatic rings. The molecule has 4 rings (SSSR count). The number of amides is 1. The fraction of sp³-hybridized carbons (Fsp3) is 0.389. The highest BCUT2D eigenvalue weighted by Crippen LogP contribution is 2.27. The van der Waals surface area contributed by atoms with Gasteiger partial charge in [0.05, 0.1) is 0 Å². The number of carbonyl (C=O) groups excluding carboxylic acids is 1. The summed E-state index contributed by atoms with van der Waals surface area (Å²) in [6, 6.07) is 9.83. The molecule has 0 saturated carbocycles. The zero-order valence-electron chi connectivity index (χ0n) is 12.9. The van der Waals surface area contributed by atoms with Gasteiger partial charge < -0.3 is 10.2 Å². The third kappa shape index (κ3) is 3.14. The topological polar surface area (TPSA) is 37.3 Å². The molecule has 1 N–H and O–H groups in total. The Balaban J connectivity index is 1.45. The van der Waals surface area contributed by atoms with E-state index in [9.17, 15) is 4.79 Å². The van der Waals surface area contributed by atoms with Crippen molar-refractivity contribution in [3.05, 3.63) is 47.7 Å². The predicted molar refractivity (Wildman–Crippen MR) is 91.8 cm³/mol. The van der Waals surface area contributed by atoms with Crippen molar-refractivity contribution in [3.8, 4) is 11.1 Å². The Bertz CT molecular complexity index is 715. The standard InChI is InChI=1S/C18H20ClN3O/c19-16-3-1-2-14(9-16)15-5-7-22(11-15)18(23)20-17-8-13-4-6-21(10-13)12-17/h1-3,5,7,9,11,13,17H,4,6,8,10,12H2,(H,20,23). The second-order valence-electron chi connectivity index (χ2n) is 6.61. The minimum absolute atomic E-state index is 0.0502. The van der Waals surface area contributed by atoms with E-state index in [0.717, 1.165) is 30.0 Å². The Morgan fingerprint density at radius 2 is 2.13 bits per heavy atom. The zero-order valence-corrected chi connectivity index (χ0v) is 13.7. The number of hydrogen-bond acceptors (Lipinski definition) is 2. The fourth-order valence-electron chi connectivity index (χ4n) is 3.78. The lowest BCUT2D eigenvalue weighted by Gasteiger charge is -2.30. The number of rotatable bonds is 2. The SMILES string of the molecule is O=C(NC1CC2CCN(C2)C1)n1ccc(-c2cccc(Cl)c2)c1. The first kappa shape index (κ1) is 14.8. The van der Waals surface area contributed by atoms with E-state index in [2.05, 4.69) is 10.2 Å². The first-order chi connectivity index (χ1) is 11.2. The van der Waals surface area contributed by atoms with Gasteiger partial charge in [-0.3, -0.25) is 4.57 Å². The maximum absolute atomic E-state index is 12.5. The summed E-state index contributed by atoms with van der Waals surface area (Å²) in [5.41, 5.74) is 2.01. The number of piperidine rings is 1. The van der Waals surface area contributed by atoms with E-state index >= 15 is 0 Å². The van der Waals surface area contributed by atoms with Gasteiger partial charge in [-0.2, -0.15) is 0 Å². The van der Waals surface area contributed by atoms with Crippen LogP contribution in [0.1, 0.15) is 12.8 Å². The number of nitrogens with zero attached hydrogens (tertiary/aromatic N) is 2. The third-order valence-electron chi connectivity index (χ3n) is 4.88. The van der Waals surface area contributed by atoms with Gasteiger partial charge >= 0.3 is 6.03 Å². The zero-order chi connectivity index (χ0) is 15.8. The molecule has 2 bridgehead atoms. The molecule has 0 aliphatic carbocycles. The van der Waals surface area contributed by atoms with Crippen LogP contribution in [-0.2, 0) is 0 Å². The van der Waals surface area contributed by atoms with Crippen molar-refractivity contribution in [1.29, 1.82) is 0 Å². The molecule has 1 aromatic carbocycles. The van der Waals surface area contributed by atoms with E-state index in [4.69, 9.17) is 11.6 Å². The first-order valence-corrected chi connectivity index (χ1v) is 8.52. The van der Waals surface area contributed by atoms with E-state index in [-0.39, 0.29) is 12.1 Å². The minimum Gasteiger partial charge on any atom is -0.333 e. The summed E-state index contributed by atoms with van der Waals surface area (Å²) in [5.74, 6) is 0.751. The number of halogens is 1. The molecule has 3 unspecified atom stereocenters. The summed E-state index contributed by atoms with van der Waals surface area (Å²) in [5, 5.41) is 3.87. The van der Waals surface area contributed by atoms with Crippen LogP contribution < -0.4 is 5.32 Å². The molecule has 4 nitrogen and oxygen atoms in total. The van der Waals surface area contributed by atoms with Gasteiger partial charge in [0.25, 0.3) is 0 Å². The van der Waals surface area contributed by atoms with Crippen molar-refractivity contribution in [3.63, 3.8) is 0 Å². The van der Waals surface area contributed by atoms with E-state index in [1.165, 1.54) is 19.5 Å². The van der Waals surface area contributed by atoms with Gasteiger partial charge in [-0.25, -0.2) is 4.79 Å². The maximum atomic E-state index is 12.5. The lowest BCUT2D eigenvalue weighted by Crippen LogP contribution is -2.47. The van der Waals surface area contributed by atoms with Crippen LogP contribution in [-0.4, -0.2) is 41.2 Å². The van der Waals surface area contributed by atoms with E-state index in [0.29, 0.717) is 5.02 Å². The van der Waals surface area contributed by atoms with Crippen molar-refractivity contribution >= 4 is 17.6 Å². The van der Waals surface area contributed by atoms with Crippen molar-refractivity contribution in [2.75, 3.05) is 19.6 Å². The largest absolute Gasteiger partial charge is 0.333 e. The lowest BCUT2D eigenvalue weighted by atomic mass is 9.97. The van der Waals surface area contributed by atoms with Crippen LogP contribution in [0.25, 0.3) is 11.1 Å². The molecule has 2 saturated heterocycles. The molecule has 2 fully saturated rings. The first-order valence-electron chi connectivity index (χ1n) is 8.14. The van der Waals surface area contributed by atoms with Gasteiger partial charge in [0.1, 0.15) is 0 Å². The summed E-state index contributed by atoms with van der Waals surface area (Å²) in [6.07, 6.45) is 6.04.